The van der Waals surface area contributed by atoms with Crippen molar-refractivity contribution in [2.75, 3.05) is 6.54 Å². The first-order valence-electron chi connectivity index (χ1n) is 5.85. The van der Waals surface area contributed by atoms with Crippen LogP contribution in [0.3, 0.4) is 0 Å². The molecule has 0 spiro atoms. The molecule has 1 N–H and O–H groups in total. The SMILES string of the molecule is BrNCCC(c1ccccc1)c1ccccc1. The van der Waals surface area contributed by atoms with E-state index in [-0.39, 0.29) is 0 Å². The predicted octanol–water partition coefficient (Wildman–Crippen LogP) is 4.11. The Labute approximate surface area is 111 Å². The van der Waals surface area contributed by atoms with Crippen LogP contribution in [0.15, 0.2) is 60.7 Å². The van der Waals surface area contributed by atoms with Crippen LogP contribution in [-0.4, -0.2) is 6.54 Å². The van der Waals surface area contributed by atoms with E-state index in [0.717, 1.165) is 13.0 Å². The number of halogens is 1. The van der Waals surface area contributed by atoms with E-state index in [4.69, 9.17) is 0 Å². The van der Waals surface area contributed by atoms with Crippen LogP contribution in [0.2, 0.25) is 0 Å². The molecule has 0 unspecified atom stereocenters. The van der Waals surface area contributed by atoms with E-state index in [9.17, 15) is 0 Å². The van der Waals surface area contributed by atoms with Crippen LogP contribution >= 0.6 is 16.1 Å². The molecule has 17 heavy (non-hydrogen) atoms. The van der Waals surface area contributed by atoms with Crippen LogP contribution in [0, 0.1) is 0 Å². The molecule has 0 saturated heterocycles. The van der Waals surface area contributed by atoms with Gasteiger partial charge in [0, 0.05) is 28.6 Å². The standard InChI is InChI=1S/C15H16BrN/c16-17-12-11-15(13-7-3-1-4-8-13)14-9-5-2-6-10-14/h1-10,15,17H,11-12H2. The van der Waals surface area contributed by atoms with Gasteiger partial charge in [0.05, 0.1) is 0 Å². The Morgan fingerprint density at radius 1 is 0.824 bits per heavy atom. The average molecular weight is 290 g/mol. The van der Waals surface area contributed by atoms with Gasteiger partial charge in [0.1, 0.15) is 0 Å². The monoisotopic (exact) mass is 289 g/mol. The average Bonchev–Trinajstić information content (AvgIpc) is 2.42. The van der Waals surface area contributed by atoms with Gasteiger partial charge in [-0.2, -0.15) is 0 Å². The quantitative estimate of drug-likeness (QED) is 0.817. The fourth-order valence-corrected chi connectivity index (χ4v) is 2.32. The second kappa shape index (κ2) is 6.58. The van der Waals surface area contributed by atoms with Crippen LogP contribution in [0.4, 0.5) is 0 Å². The van der Waals surface area contributed by atoms with Gasteiger partial charge < -0.3 is 0 Å². The number of benzene rings is 2. The van der Waals surface area contributed by atoms with Gasteiger partial charge >= 0.3 is 0 Å². The summed E-state index contributed by atoms with van der Waals surface area (Å²) in [6.45, 7) is 0.953. The Balaban J connectivity index is 2.26. The molecule has 0 aliphatic heterocycles. The van der Waals surface area contributed by atoms with E-state index < -0.39 is 0 Å². The minimum Gasteiger partial charge on any atom is -0.256 e. The Morgan fingerprint density at radius 3 is 1.71 bits per heavy atom. The summed E-state index contributed by atoms with van der Waals surface area (Å²) in [6, 6.07) is 21.3. The van der Waals surface area contributed by atoms with Crippen molar-refractivity contribution in [1.29, 1.82) is 0 Å². The van der Waals surface area contributed by atoms with Gasteiger partial charge in [0.25, 0.3) is 0 Å². The Bertz CT molecular complexity index is 388. The maximum absolute atomic E-state index is 3.27. The minimum atomic E-state index is 0.461. The summed E-state index contributed by atoms with van der Waals surface area (Å²) >= 11 is 3.27. The Kier molecular flexibility index (Phi) is 4.77. The first-order valence-corrected chi connectivity index (χ1v) is 6.64. The lowest BCUT2D eigenvalue weighted by atomic mass is 9.89. The summed E-state index contributed by atoms with van der Waals surface area (Å²) < 4.78 is 3.05. The largest absolute Gasteiger partial charge is 0.256 e. The zero-order valence-electron chi connectivity index (χ0n) is 9.64. The highest BCUT2D eigenvalue weighted by Gasteiger charge is 2.12. The summed E-state index contributed by atoms with van der Waals surface area (Å²) in [5.74, 6) is 0.461. The fraction of sp³-hybridized carbons (Fsp3) is 0.200. The molecule has 2 aromatic carbocycles. The molecule has 0 aliphatic carbocycles. The molecule has 0 aliphatic rings. The highest BCUT2D eigenvalue weighted by Crippen LogP contribution is 2.27. The van der Waals surface area contributed by atoms with Gasteiger partial charge in [-0.05, 0) is 17.5 Å². The van der Waals surface area contributed by atoms with E-state index in [0.29, 0.717) is 5.92 Å². The van der Waals surface area contributed by atoms with Crippen LogP contribution in [-0.2, 0) is 0 Å². The van der Waals surface area contributed by atoms with E-state index in [1.807, 2.05) is 0 Å². The first kappa shape index (κ1) is 12.3. The number of hydrogen-bond acceptors (Lipinski definition) is 1. The highest BCUT2D eigenvalue weighted by molar-refractivity contribution is 9.08. The number of hydrogen-bond donors (Lipinski definition) is 1. The van der Waals surface area contributed by atoms with Crippen LogP contribution < -0.4 is 4.34 Å². The van der Waals surface area contributed by atoms with Gasteiger partial charge in [0.2, 0.25) is 0 Å². The van der Waals surface area contributed by atoms with Gasteiger partial charge in [-0.25, -0.2) is 0 Å². The third kappa shape index (κ3) is 3.42. The van der Waals surface area contributed by atoms with Gasteiger partial charge in [-0.15, -0.1) is 0 Å². The van der Waals surface area contributed by atoms with Gasteiger partial charge in [-0.1, -0.05) is 60.7 Å². The molecule has 88 valence electrons. The molecule has 0 bridgehead atoms. The van der Waals surface area contributed by atoms with Crippen molar-refractivity contribution in [1.82, 2.24) is 4.34 Å². The smallest absolute Gasteiger partial charge is 0.0102 e. The molecule has 2 heteroatoms. The molecule has 0 amide bonds. The molecule has 0 fully saturated rings. The topological polar surface area (TPSA) is 12.0 Å². The Hall–Kier alpha value is -1.12. The molecular formula is C15H16BrN. The molecule has 1 nitrogen and oxygen atoms in total. The fourth-order valence-electron chi connectivity index (χ4n) is 2.10. The lowest BCUT2D eigenvalue weighted by molar-refractivity contribution is 0.710. The van der Waals surface area contributed by atoms with Crippen LogP contribution in [0.25, 0.3) is 0 Å². The van der Waals surface area contributed by atoms with Crippen molar-refractivity contribution in [3.8, 4) is 0 Å². The molecule has 0 heterocycles. The summed E-state index contributed by atoms with van der Waals surface area (Å²) in [6.07, 6.45) is 1.08. The second-order valence-corrected chi connectivity index (χ2v) is 4.61. The summed E-state index contributed by atoms with van der Waals surface area (Å²) in [5, 5.41) is 0. The predicted molar refractivity (Wildman–Crippen MR) is 76.3 cm³/mol. The number of rotatable bonds is 5. The molecule has 2 rings (SSSR count). The molecule has 0 aromatic heterocycles. The van der Waals surface area contributed by atoms with Crippen molar-refractivity contribution in [3.05, 3.63) is 71.8 Å². The lowest BCUT2D eigenvalue weighted by Gasteiger charge is -2.17. The van der Waals surface area contributed by atoms with E-state index >= 15 is 0 Å². The van der Waals surface area contributed by atoms with Crippen molar-refractivity contribution in [3.63, 3.8) is 0 Å². The van der Waals surface area contributed by atoms with Crippen molar-refractivity contribution < 1.29 is 0 Å². The van der Waals surface area contributed by atoms with Crippen LogP contribution in [0.1, 0.15) is 23.5 Å². The van der Waals surface area contributed by atoms with Gasteiger partial charge in [-0.3, -0.25) is 4.34 Å². The van der Waals surface area contributed by atoms with Gasteiger partial charge in [0.15, 0.2) is 0 Å². The van der Waals surface area contributed by atoms with E-state index in [2.05, 4.69) is 81.2 Å². The normalized spacial score (nSPS) is 10.7. The van der Waals surface area contributed by atoms with Crippen molar-refractivity contribution in [2.45, 2.75) is 12.3 Å². The third-order valence-corrected chi connectivity index (χ3v) is 3.33. The molecule has 2 aromatic rings. The van der Waals surface area contributed by atoms with Crippen LogP contribution in [0.5, 0.6) is 0 Å². The summed E-state index contributed by atoms with van der Waals surface area (Å²) in [5.41, 5.74) is 2.75. The molecule has 0 saturated carbocycles. The maximum atomic E-state index is 3.27. The number of nitrogens with one attached hydrogen (secondary N) is 1. The maximum Gasteiger partial charge on any atom is 0.0102 e. The zero-order valence-corrected chi connectivity index (χ0v) is 11.2. The first-order chi connectivity index (χ1) is 8.42. The zero-order chi connectivity index (χ0) is 11.9. The van der Waals surface area contributed by atoms with E-state index in [1.165, 1.54) is 11.1 Å². The summed E-state index contributed by atoms with van der Waals surface area (Å²) in [7, 11) is 0. The second-order valence-electron chi connectivity index (χ2n) is 4.05. The third-order valence-electron chi connectivity index (χ3n) is 2.93. The van der Waals surface area contributed by atoms with Crippen molar-refractivity contribution >= 4 is 16.1 Å². The van der Waals surface area contributed by atoms with E-state index in [1.54, 1.807) is 0 Å². The lowest BCUT2D eigenvalue weighted by Crippen LogP contribution is -2.09. The molecule has 0 atom stereocenters. The highest BCUT2D eigenvalue weighted by atomic mass is 79.9. The minimum absolute atomic E-state index is 0.461. The van der Waals surface area contributed by atoms with Crippen molar-refractivity contribution in [2.24, 2.45) is 0 Å². The molecular weight excluding hydrogens is 274 g/mol. The Morgan fingerprint density at radius 2 is 1.29 bits per heavy atom. The summed E-state index contributed by atoms with van der Waals surface area (Å²) in [4.78, 5) is 0. The molecule has 0 radical (unpaired) electrons.